The molecule has 0 heterocycles. The van der Waals surface area contributed by atoms with Crippen LogP contribution in [0.3, 0.4) is 0 Å². The number of nitrogens with zero attached hydrogens (tertiary/aromatic N) is 1. The standard InChI is InChI=1S/C13H31NO26P6/c1-14(2,3)5-6(4-7(15)16)34-46(32,33)40-13-11(38-44(26,27)28)9(36-42(20,21)22)8(35-41(17,18)19)10(37-43(23,24)25)12(13)39-45(29,30)31/h6,8-13H,4-5H2,1-3H3,(H11-,15,16,17,18,19,20,21,22,23,24,25,26,27,28,29,30,31,32,33)/p+1/t6?,8?,9-,10+,11-,12-,13?/m0/s1. The van der Waals surface area contributed by atoms with Crippen molar-refractivity contribution in [2.24, 2.45) is 0 Å². The molecule has 0 amide bonds. The van der Waals surface area contributed by atoms with Crippen molar-refractivity contribution in [3.63, 3.8) is 0 Å². The first-order valence-corrected chi connectivity index (χ1v) is 20.6. The molecule has 27 nitrogen and oxygen atoms in total. The van der Waals surface area contributed by atoms with Crippen LogP contribution in [0.5, 0.6) is 0 Å². The molecule has 1 saturated carbocycles. The van der Waals surface area contributed by atoms with Gasteiger partial charge in [-0.25, -0.2) is 27.4 Å². The average molecular weight is 804 g/mol. The van der Waals surface area contributed by atoms with Crippen LogP contribution in [0.2, 0.25) is 0 Å². The fourth-order valence-electron chi connectivity index (χ4n) is 3.94. The first kappa shape index (κ1) is 44.1. The number of hydrogen-bond donors (Lipinski definition) is 12. The van der Waals surface area contributed by atoms with Gasteiger partial charge >= 0.3 is 52.9 Å². The second-order valence-electron chi connectivity index (χ2n) is 10.1. The summed E-state index contributed by atoms with van der Waals surface area (Å²) in [4.78, 5) is 116. The molecule has 12 N–H and O–H groups in total. The summed E-state index contributed by atoms with van der Waals surface area (Å²) in [6, 6.07) is 0. The number of carboxylic acids is 1. The lowest BCUT2D eigenvalue weighted by molar-refractivity contribution is -0.873. The summed E-state index contributed by atoms with van der Waals surface area (Å²) in [7, 11) is -32.3. The van der Waals surface area contributed by atoms with Gasteiger partial charge in [0.25, 0.3) is 0 Å². The van der Waals surface area contributed by atoms with Gasteiger partial charge < -0.3 is 63.4 Å². The highest BCUT2D eigenvalue weighted by molar-refractivity contribution is 7.48. The van der Waals surface area contributed by atoms with Gasteiger partial charge in [-0.3, -0.25) is 36.5 Å². The number of carbonyl (C=O) groups is 1. The molecule has 4 unspecified atom stereocenters. The monoisotopic (exact) mass is 804 g/mol. The van der Waals surface area contributed by atoms with Gasteiger partial charge in [0.15, 0.2) is 0 Å². The highest BCUT2D eigenvalue weighted by atomic mass is 31.2. The van der Waals surface area contributed by atoms with E-state index in [2.05, 4.69) is 22.6 Å². The van der Waals surface area contributed by atoms with Gasteiger partial charge in [-0.2, -0.15) is 0 Å². The number of carboxylic acid groups (broad SMARTS) is 1. The topological polar surface area (TPSA) is 427 Å². The Bertz CT molecular complexity index is 1290. The molecule has 8 atom stereocenters. The number of rotatable bonds is 18. The summed E-state index contributed by atoms with van der Waals surface area (Å²) >= 11 is 0. The lowest BCUT2D eigenvalue weighted by Crippen LogP contribution is -2.66. The molecule has 0 aliphatic heterocycles. The third-order valence-corrected chi connectivity index (χ3v) is 8.59. The first-order valence-electron chi connectivity index (χ1n) is 11.5. The Hall–Kier alpha value is 0.0900. The zero-order valence-electron chi connectivity index (χ0n) is 23.2. The summed E-state index contributed by atoms with van der Waals surface area (Å²) in [5.41, 5.74) is 0. The van der Waals surface area contributed by atoms with E-state index in [1.165, 1.54) is 21.1 Å². The van der Waals surface area contributed by atoms with Crippen molar-refractivity contribution in [3.8, 4) is 0 Å². The maximum Gasteiger partial charge on any atom is 0.473 e. The molecule has 1 rings (SSSR count). The van der Waals surface area contributed by atoms with Crippen molar-refractivity contribution >= 4 is 52.9 Å². The van der Waals surface area contributed by atoms with Crippen molar-refractivity contribution in [1.29, 1.82) is 0 Å². The molecule has 33 heteroatoms. The molecule has 46 heavy (non-hydrogen) atoms. The van der Waals surface area contributed by atoms with Crippen molar-refractivity contribution < 1.29 is 127 Å². The fourth-order valence-corrected chi connectivity index (χ4v) is 7.84. The lowest BCUT2D eigenvalue weighted by Gasteiger charge is -2.48. The molecule has 0 aromatic carbocycles. The van der Waals surface area contributed by atoms with Crippen LogP contribution in [-0.4, -0.2) is 140 Å². The lowest BCUT2D eigenvalue weighted by atomic mass is 9.85. The molecule has 1 aliphatic carbocycles. The molecular weight excluding hydrogens is 772 g/mol. The number of hydrogen-bond acceptors (Lipinski definition) is 14. The van der Waals surface area contributed by atoms with E-state index in [4.69, 9.17) is 9.05 Å². The van der Waals surface area contributed by atoms with Gasteiger partial charge in [0.05, 0.1) is 27.6 Å². The molecule has 0 aromatic heterocycles. The Kier molecular flexibility index (Phi) is 14.9. The number of quaternary nitrogens is 1. The minimum atomic E-state index is -6.13. The minimum absolute atomic E-state index is 0.160. The van der Waals surface area contributed by atoms with Gasteiger partial charge in [0.2, 0.25) is 0 Å². The molecular formula is C13H32NO26P6+. The van der Waals surface area contributed by atoms with E-state index in [1.807, 2.05) is 0 Å². The maximum atomic E-state index is 13.1. The molecule has 0 spiro atoms. The van der Waals surface area contributed by atoms with Gasteiger partial charge in [-0.15, -0.1) is 0 Å². The quantitative estimate of drug-likeness (QED) is 0.0501. The van der Waals surface area contributed by atoms with Crippen molar-refractivity contribution in [2.45, 2.75) is 49.1 Å². The maximum absolute atomic E-state index is 13.1. The third-order valence-electron chi connectivity index (χ3n) is 4.93. The summed E-state index contributed by atoms with van der Waals surface area (Å²) < 4.78 is 103. The van der Waals surface area contributed by atoms with Crippen LogP contribution in [0.25, 0.3) is 0 Å². The Morgan fingerprint density at radius 1 is 0.543 bits per heavy atom. The minimum Gasteiger partial charge on any atom is -0.481 e. The van der Waals surface area contributed by atoms with E-state index in [-0.39, 0.29) is 4.48 Å². The van der Waals surface area contributed by atoms with E-state index >= 15 is 0 Å². The second-order valence-corrected chi connectivity index (χ2v) is 17.5. The molecule has 0 radical (unpaired) electrons. The Balaban J connectivity index is 4.09. The van der Waals surface area contributed by atoms with E-state index in [0.29, 0.717) is 0 Å². The predicted octanol–water partition coefficient (Wildman–Crippen LogP) is -2.56. The van der Waals surface area contributed by atoms with Crippen LogP contribution in [0.1, 0.15) is 6.42 Å². The van der Waals surface area contributed by atoms with Crippen LogP contribution < -0.4 is 0 Å². The van der Waals surface area contributed by atoms with Crippen LogP contribution in [0.15, 0.2) is 0 Å². The van der Waals surface area contributed by atoms with Gasteiger partial charge in [0, 0.05) is 0 Å². The summed E-state index contributed by atoms with van der Waals surface area (Å²) in [6.07, 6.45) is -22.1. The van der Waals surface area contributed by atoms with Crippen LogP contribution in [0.4, 0.5) is 0 Å². The third kappa shape index (κ3) is 17.7. The fraction of sp³-hybridized carbons (Fsp3) is 0.923. The van der Waals surface area contributed by atoms with Gasteiger partial charge in [-0.05, 0) is 0 Å². The van der Waals surface area contributed by atoms with Crippen LogP contribution in [0, 0.1) is 0 Å². The summed E-state index contributed by atoms with van der Waals surface area (Å²) in [5, 5.41) is 9.18. The van der Waals surface area contributed by atoms with Gasteiger partial charge in [-0.1, -0.05) is 0 Å². The molecule has 0 bridgehead atoms. The average Bonchev–Trinajstić information content (AvgIpc) is 2.69. The zero-order chi connectivity index (χ0) is 36.5. The van der Waals surface area contributed by atoms with Crippen molar-refractivity contribution in [3.05, 3.63) is 0 Å². The molecule has 274 valence electrons. The number of phosphoric ester groups is 6. The van der Waals surface area contributed by atoms with E-state index < -0.39 is 109 Å². The first-order chi connectivity index (χ1) is 20.1. The van der Waals surface area contributed by atoms with Crippen LogP contribution in [-0.2, 0) is 63.9 Å². The molecule has 1 fully saturated rings. The number of phosphoric acid groups is 6. The Morgan fingerprint density at radius 3 is 0.978 bits per heavy atom. The largest absolute Gasteiger partial charge is 0.481 e. The van der Waals surface area contributed by atoms with Crippen LogP contribution >= 0.6 is 46.9 Å². The van der Waals surface area contributed by atoms with E-state index in [1.54, 1.807) is 0 Å². The predicted molar refractivity (Wildman–Crippen MR) is 139 cm³/mol. The SMILES string of the molecule is C[N+](C)(C)CC(CC(=O)O)OP(=O)(O)OC1[C@@H](OP(=O)(O)O)[C@H](OP(=O)(O)O)C(OP(=O)(O)O)[C@H](OP(=O)(O)O)[C@@H]1OP(=O)(O)O. The Morgan fingerprint density at radius 2 is 0.783 bits per heavy atom. The summed E-state index contributed by atoms with van der Waals surface area (Å²) in [6.45, 7) is -0.401. The number of aliphatic carboxylic acids is 1. The molecule has 0 saturated heterocycles. The molecule has 0 aromatic rings. The smallest absolute Gasteiger partial charge is 0.473 e. The normalized spacial score (nSPS) is 27.6. The van der Waals surface area contributed by atoms with Gasteiger partial charge in [0.1, 0.15) is 49.3 Å². The Labute approximate surface area is 257 Å². The van der Waals surface area contributed by atoms with E-state index in [0.717, 1.165) is 0 Å². The second kappa shape index (κ2) is 15.5. The summed E-state index contributed by atoms with van der Waals surface area (Å²) in [5.74, 6) is -1.62. The van der Waals surface area contributed by atoms with Crippen molar-refractivity contribution in [1.82, 2.24) is 0 Å². The van der Waals surface area contributed by atoms with E-state index in [9.17, 15) is 91.1 Å². The van der Waals surface area contributed by atoms with Crippen molar-refractivity contribution in [2.75, 3.05) is 27.7 Å². The zero-order valence-corrected chi connectivity index (χ0v) is 28.5. The highest BCUT2D eigenvalue weighted by Gasteiger charge is 2.63. The number of likely N-dealkylation sites (N-methyl/N-ethyl adjacent to an activating group) is 1. The molecule has 1 aliphatic rings. The highest BCUT2D eigenvalue weighted by Crippen LogP contribution is 2.58.